The molecular formula is C26H32N2O4S2. The van der Waals surface area contributed by atoms with E-state index in [0.29, 0.717) is 24.2 Å². The molecule has 0 atom stereocenters. The molecule has 8 heteroatoms. The summed E-state index contributed by atoms with van der Waals surface area (Å²) in [5, 5.41) is 1.97. The molecule has 0 radical (unpaired) electrons. The van der Waals surface area contributed by atoms with Crippen LogP contribution < -0.4 is 0 Å². The van der Waals surface area contributed by atoms with Crippen LogP contribution in [0.4, 0.5) is 0 Å². The van der Waals surface area contributed by atoms with Crippen molar-refractivity contribution in [1.82, 2.24) is 9.21 Å². The molecule has 1 amide bonds. The zero-order valence-electron chi connectivity index (χ0n) is 20.2. The van der Waals surface area contributed by atoms with Gasteiger partial charge >= 0.3 is 0 Å². The molecule has 182 valence electrons. The van der Waals surface area contributed by atoms with E-state index in [1.165, 1.54) is 11.4 Å². The number of carbonyl (C=O) groups excluding carboxylic acids is 1. The standard InChI is InChI=1S/C26H32N2O4S2/c1-20-15-21(2)26(22(3)16-20)34(30,31)28(12-13-32-4)19-25(29)27(18-24-11-8-14-33-24)17-23-9-6-5-7-10-23/h5-11,14-16H,12-13,17-19H2,1-4H3. The minimum absolute atomic E-state index is 0.0928. The van der Waals surface area contributed by atoms with Gasteiger partial charge in [-0.2, -0.15) is 4.31 Å². The molecule has 6 nitrogen and oxygen atoms in total. The van der Waals surface area contributed by atoms with Crippen LogP contribution in [0.25, 0.3) is 0 Å². The van der Waals surface area contributed by atoms with Gasteiger partial charge in [0.1, 0.15) is 0 Å². The molecule has 0 aliphatic heterocycles. The van der Waals surface area contributed by atoms with Gasteiger partial charge in [-0.25, -0.2) is 8.42 Å². The second-order valence-electron chi connectivity index (χ2n) is 8.37. The van der Waals surface area contributed by atoms with Gasteiger partial charge in [0.2, 0.25) is 15.9 Å². The summed E-state index contributed by atoms with van der Waals surface area (Å²) < 4.78 is 33.9. The van der Waals surface area contributed by atoms with Gasteiger partial charge in [-0.15, -0.1) is 11.3 Å². The SMILES string of the molecule is COCCN(CC(=O)N(Cc1ccccc1)Cc1cccs1)S(=O)(=O)c1c(C)cc(C)cc1C. The van der Waals surface area contributed by atoms with Crippen molar-refractivity contribution in [2.45, 2.75) is 38.8 Å². The van der Waals surface area contributed by atoms with Crippen LogP contribution in [0.1, 0.15) is 27.1 Å². The smallest absolute Gasteiger partial charge is 0.244 e. The largest absolute Gasteiger partial charge is 0.383 e. The Bertz CT molecular complexity index is 1170. The Morgan fingerprint density at radius 3 is 2.24 bits per heavy atom. The highest BCUT2D eigenvalue weighted by molar-refractivity contribution is 7.89. The van der Waals surface area contributed by atoms with Gasteiger partial charge in [0.15, 0.2) is 0 Å². The van der Waals surface area contributed by atoms with Crippen molar-refractivity contribution in [2.24, 2.45) is 0 Å². The van der Waals surface area contributed by atoms with Crippen molar-refractivity contribution in [2.75, 3.05) is 26.8 Å². The van der Waals surface area contributed by atoms with Gasteiger partial charge in [0.05, 0.1) is 24.6 Å². The summed E-state index contributed by atoms with van der Waals surface area (Å²) >= 11 is 1.57. The molecule has 3 aromatic rings. The summed E-state index contributed by atoms with van der Waals surface area (Å²) in [5.74, 6) is -0.251. The number of thiophene rings is 1. The first-order chi connectivity index (χ1) is 16.2. The van der Waals surface area contributed by atoms with Crippen LogP contribution in [-0.4, -0.2) is 50.3 Å². The Morgan fingerprint density at radius 1 is 0.971 bits per heavy atom. The number of hydrogen-bond donors (Lipinski definition) is 0. The number of hydrogen-bond acceptors (Lipinski definition) is 5. The van der Waals surface area contributed by atoms with E-state index in [9.17, 15) is 13.2 Å². The summed E-state index contributed by atoms with van der Waals surface area (Å²) in [4.78, 5) is 16.5. The lowest BCUT2D eigenvalue weighted by Gasteiger charge is -2.28. The Labute approximate surface area is 206 Å². The molecule has 0 saturated carbocycles. The van der Waals surface area contributed by atoms with Crippen LogP contribution in [0.3, 0.4) is 0 Å². The second kappa shape index (κ2) is 11.8. The maximum atomic E-state index is 13.7. The average molecular weight is 501 g/mol. The van der Waals surface area contributed by atoms with E-state index >= 15 is 0 Å². The van der Waals surface area contributed by atoms with Gasteiger partial charge in [-0.3, -0.25) is 4.79 Å². The predicted molar refractivity (Wildman–Crippen MR) is 136 cm³/mol. The average Bonchev–Trinajstić information content (AvgIpc) is 3.29. The fourth-order valence-corrected chi connectivity index (χ4v) is 6.56. The van der Waals surface area contributed by atoms with E-state index in [4.69, 9.17) is 4.74 Å². The topological polar surface area (TPSA) is 66.9 Å². The normalized spacial score (nSPS) is 11.7. The minimum Gasteiger partial charge on any atom is -0.383 e. The molecule has 0 aliphatic carbocycles. The van der Waals surface area contributed by atoms with Crippen molar-refractivity contribution < 1.29 is 17.9 Å². The molecule has 0 bridgehead atoms. The third kappa shape index (κ3) is 6.54. The van der Waals surface area contributed by atoms with E-state index in [2.05, 4.69) is 0 Å². The van der Waals surface area contributed by atoms with Crippen molar-refractivity contribution in [3.8, 4) is 0 Å². The van der Waals surface area contributed by atoms with E-state index in [1.807, 2.05) is 66.9 Å². The Hall–Kier alpha value is -2.52. The van der Waals surface area contributed by atoms with Crippen LogP contribution >= 0.6 is 11.3 Å². The number of ether oxygens (including phenoxy) is 1. The number of carbonyl (C=O) groups is 1. The fraction of sp³-hybridized carbons (Fsp3) is 0.346. The van der Waals surface area contributed by atoms with E-state index in [1.54, 1.807) is 30.1 Å². The van der Waals surface area contributed by atoms with Crippen LogP contribution in [0.5, 0.6) is 0 Å². The van der Waals surface area contributed by atoms with E-state index in [-0.39, 0.29) is 30.5 Å². The zero-order valence-corrected chi connectivity index (χ0v) is 21.8. The highest BCUT2D eigenvalue weighted by atomic mass is 32.2. The van der Waals surface area contributed by atoms with E-state index < -0.39 is 10.0 Å². The number of amides is 1. The molecule has 1 heterocycles. The number of methoxy groups -OCH3 is 1. The van der Waals surface area contributed by atoms with Crippen LogP contribution in [-0.2, 0) is 32.6 Å². The lowest BCUT2D eigenvalue weighted by atomic mass is 10.1. The Morgan fingerprint density at radius 2 is 1.65 bits per heavy atom. The minimum atomic E-state index is -3.91. The predicted octanol–water partition coefficient (Wildman–Crippen LogP) is 4.54. The van der Waals surface area contributed by atoms with Crippen molar-refractivity contribution in [1.29, 1.82) is 0 Å². The lowest BCUT2D eigenvalue weighted by Crippen LogP contribution is -2.44. The molecular weight excluding hydrogens is 468 g/mol. The third-order valence-corrected chi connectivity index (χ3v) is 8.57. The zero-order chi connectivity index (χ0) is 24.7. The molecule has 3 rings (SSSR count). The molecule has 0 saturated heterocycles. The van der Waals surface area contributed by atoms with Gasteiger partial charge in [-0.1, -0.05) is 54.1 Å². The third-order valence-electron chi connectivity index (χ3n) is 5.55. The van der Waals surface area contributed by atoms with E-state index in [0.717, 1.165) is 16.0 Å². The molecule has 1 aromatic heterocycles. The van der Waals surface area contributed by atoms with Crippen molar-refractivity contribution in [3.63, 3.8) is 0 Å². The Kier molecular flexibility index (Phi) is 9.02. The molecule has 0 spiro atoms. The molecule has 2 aromatic carbocycles. The fourth-order valence-electron chi connectivity index (χ4n) is 4.06. The van der Waals surface area contributed by atoms with Crippen molar-refractivity contribution in [3.05, 3.63) is 87.1 Å². The summed E-state index contributed by atoms with van der Waals surface area (Å²) in [5.41, 5.74) is 3.33. The molecule has 0 N–H and O–H groups in total. The highest BCUT2D eigenvalue weighted by Gasteiger charge is 2.31. The van der Waals surface area contributed by atoms with Gasteiger partial charge in [0, 0.05) is 25.1 Å². The summed E-state index contributed by atoms with van der Waals surface area (Å²) in [7, 11) is -2.39. The summed E-state index contributed by atoms with van der Waals surface area (Å²) in [6.45, 7) is 6.38. The number of nitrogens with zero attached hydrogens (tertiary/aromatic N) is 2. The first-order valence-electron chi connectivity index (χ1n) is 11.1. The quantitative estimate of drug-likeness (QED) is 0.388. The molecule has 0 unspecified atom stereocenters. The number of rotatable bonds is 11. The van der Waals surface area contributed by atoms with Gasteiger partial charge in [-0.05, 0) is 48.9 Å². The molecule has 34 heavy (non-hydrogen) atoms. The maximum absolute atomic E-state index is 13.7. The van der Waals surface area contributed by atoms with Crippen LogP contribution in [0.2, 0.25) is 0 Å². The number of sulfonamides is 1. The molecule has 0 fully saturated rings. The highest BCUT2D eigenvalue weighted by Crippen LogP contribution is 2.26. The monoisotopic (exact) mass is 500 g/mol. The first kappa shape index (κ1) is 26.1. The second-order valence-corrected chi connectivity index (χ2v) is 11.3. The number of benzene rings is 2. The summed E-state index contributed by atoms with van der Waals surface area (Å²) in [6.07, 6.45) is 0. The van der Waals surface area contributed by atoms with Crippen molar-refractivity contribution >= 4 is 27.3 Å². The Balaban J connectivity index is 1.91. The van der Waals surface area contributed by atoms with Crippen LogP contribution in [0.15, 0.2) is 64.9 Å². The molecule has 0 aliphatic rings. The first-order valence-corrected chi connectivity index (χ1v) is 13.5. The number of aryl methyl sites for hydroxylation is 3. The van der Waals surface area contributed by atoms with Crippen LogP contribution in [0, 0.1) is 20.8 Å². The van der Waals surface area contributed by atoms with Gasteiger partial charge in [0.25, 0.3) is 0 Å². The van der Waals surface area contributed by atoms with Gasteiger partial charge < -0.3 is 9.64 Å². The summed E-state index contributed by atoms with van der Waals surface area (Å²) in [6, 6.07) is 17.4. The lowest BCUT2D eigenvalue weighted by molar-refractivity contribution is -0.132. The maximum Gasteiger partial charge on any atom is 0.244 e.